The van der Waals surface area contributed by atoms with Crippen molar-refractivity contribution < 1.29 is 4.79 Å². The van der Waals surface area contributed by atoms with Crippen LogP contribution in [0.3, 0.4) is 0 Å². The minimum Gasteiger partial charge on any atom is -0.287 e. The maximum atomic E-state index is 10.7. The molecule has 0 radical (unpaired) electrons. The van der Waals surface area contributed by atoms with Crippen LogP contribution in [0.1, 0.15) is 20.8 Å². The van der Waals surface area contributed by atoms with E-state index in [0.29, 0.717) is 5.12 Å². The lowest BCUT2D eigenvalue weighted by atomic mass is 10.3. The Hall–Kier alpha value is 0.0200. The topological polar surface area (TPSA) is 17.1 Å². The lowest BCUT2D eigenvalue weighted by molar-refractivity contribution is -0.113. The molecule has 0 fully saturated rings. The molecular weight excluding hydrogens is 120 g/mol. The first-order valence-corrected chi connectivity index (χ1v) is 3.83. The van der Waals surface area contributed by atoms with E-state index in [9.17, 15) is 4.79 Å². The van der Waals surface area contributed by atoms with Gasteiger partial charge in [0.1, 0.15) is 0 Å². The molecule has 0 aromatic heterocycles. The van der Waals surface area contributed by atoms with E-state index >= 15 is 0 Å². The van der Waals surface area contributed by atoms with Gasteiger partial charge in [0.15, 0.2) is 5.12 Å². The largest absolute Gasteiger partial charge is 0.287 e. The van der Waals surface area contributed by atoms with Crippen LogP contribution < -0.4 is 0 Å². The van der Waals surface area contributed by atoms with Crippen molar-refractivity contribution in [1.29, 1.82) is 0 Å². The second-order valence-electron chi connectivity index (χ2n) is 1.91. The third-order valence-corrected chi connectivity index (χ3v) is 1.80. The number of carbonyl (C=O) groups excluding carboxylic acids is 1. The highest BCUT2D eigenvalue weighted by atomic mass is 32.2. The van der Waals surface area contributed by atoms with E-state index in [2.05, 4.69) is 0 Å². The molecule has 0 saturated carbocycles. The van der Waals surface area contributed by atoms with Crippen LogP contribution in [0.25, 0.3) is 0 Å². The van der Waals surface area contributed by atoms with Gasteiger partial charge in [-0.3, -0.25) is 4.79 Å². The van der Waals surface area contributed by atoms with E-state index in [1.807, 2.05) is 20.8 Å². The van der Waals surface area contributed by atoms with Crippen molar-refractivity contribution in [1.82, 2.24) is 0 Å². The molecule has 0 heterocycles. The van der Waals surface area contributed by atoms with Gasteiger partial charge < -0.3 is 0 Å². The number of thioether (sulfide) groups is 1. The van der Waals surface area contributed by atoms with Crippen LogP contribution in [0.5, 0.6) is 0 Å². The van der Waals surface area contributed by atoms with Crippen molar-refractivity contribution in [2.45, 2.75) is 20.8 Å². The van der Waals surface area contributed by atoms with Crippen molar-refractivity contribution in [2.24, 2.45) is 5.92 Å². The summed E-state index contributed by atoms with van der Waals surface area (Å²) in [6, 6.07) is 0. The lowest BCUT2D eigenvalue weighted by Gasteiger charge is -1.98. The van der Waals surface area contributed by atoms with Crippen LogP contribution >= 0.6 is 11.8 Å². The average molecular weight is 132 g/mol. The molecule has 0 saturated heterocycles. The van der Waals surface area contributed by atoms with Gasteiger partial charge in [-0.1, -0.05) is 32.5 Å². The molecule has 0 N–H and O–H groups in total. The van der Waals surface area contributed by atoms with Crippen molar-refractivity contribution in [3.05, 3.63) is 0 Å². The van der Waals surface area contributed by atoms with Gasteiger partial charge in [-0.15, -0.1) is 0 Å². The molecule has 0 aliphatic heterocycles. The molecule has 0 rings (SSSR count). The van der Waals surface area contributed by atoms with E-state index in [-0.39, 0.29) is 5.92 Å². The van der Waals surface area contributed by atoms with Crippen LogP contribution in [0.4, 0.5) is 0 Å². The fraction of sp³-hybridized carbons (Fsp3) is 0.833. The molecule has 48 valence electrons. The highest BCUT2D eigenvalue weighted by molar-refractivity contribution is 8.13. The third kappa shape index (κ3) is 3.08. The van der Waals surface area contributed by atoms with E-state index in [0.717, 1.165) is 5.75 Å². The van der Waals surface area contributed by atoms with E-state index in [1.54, 1.807) is 0 Å². The molecule has 0 aliphatic rings. The van der Waals surface area contributed by atoms with Crippen LogP contribution in [0.15, 0.2) is 0 Å². The monoisotopic (exact) mass is 132 g/mol. The zero-order valence-corrected chi connectivity index (χ0v) is 6.42. The number of carbonyl (C=O) groups is 1. The van der Waals surface area contributed by atoms with Gasteiger partial charge in [-0.2, -0.15) is 0 Å². The van der Waals surface area contributed by atoms with Gasteiger partial charge in [0.25, 0.3) is 0 Å². The van der Waals surface area contributed by atoms with E-state index in [1.165, 1.54) is 11.8 Å². The summed E-state index contributed by atoms with van der Waals surface area (Å²) in [5, 5.41) is 0.299. The molecular formula is C6H12OS. The van der Waals surface area contributed by atoms with Crippen LogP contribution in [-0.2, 0) is 4.79 Å². The highest BCUT2D eigenvalue weighted by Gasteiger charge is 2.04. The Bertz CT molecular complexity index is 78.6. The molecule has 2 heteroatoms. The van der Waals surface area contributed by atoms with Crippen LogP contribution in [-0.4, -0.2) is 10.9 Å². The van der Waals surface area contributed by atoms with Gasteiger partial charge in [-0.25, -0.2) is 0 Å². The van der Waals surface area contributed by atoms with E-state index < -0.39 is 0 Å². The Morgan fingerprint density at radius 2 is 2.12 bits per heavy atom. The maximum absolute atomic E-state index is 10.7. The van der Waals surface area contributed by atoms with Crippen LogP contribution in [0.2, 0.25) is 0 Å². The molecule has 1 nitrogen and oxygen atoms in total. The predicted octanol–water partition coefficient (Wildman–Crippen LogP) is 1.92. The Morgan fingerprint density at radius 3 is 2.25 bits per heavy atom. The first-order valence-electron chi connectivity index (χ1n) is 2.85. The standard InChI is InChI=1S/C6H12OS/c1-4-8-6(7)5(2)3/h5H,4H2,1-3H3. The predicted molar refractivity (Wildman–Crippen MR) is 38.0 cm³/mol. The molecule has 0 aromatic carbocycles. The van der Waals surface area contributed by atoms with E-state index in [4.69, 9.17) is 0 Å². The second kappa shape index (κ2) is 3.96. The summed E-state index contributed by atoms with van der Waals surface area (Å²) < 4.78 is 0. The summed E-state index contributed by atoms with van der Waals surface area (Å²) in [6.07, 6.45) is 0. The molecule has 0 unspecified atom stereocenters. The summed E-state index contributed by atoms with van der Waals surface area (Å²) in [7, 11) is 0. The normalized spacial score (nSPS) is 10.0. The zero-order chi connectivity index (χ0) is 6.57. The minimum atomic E-state index is 0.194. The Labute approximate surface area is 54.8 Å². The van der Waals surface area contributed by atoms with Crippen molar-refractivity contribution in [2.75, 3.05) is 5.75 Å². The summed E-state index contributed by atoms with van der Waals surface area (Å²) in [6.45, 7) is 5.83. The molecule has 0 aliphatic carbocycles. The van der Waals surface area contributed by atoms with Gasteiger partial charge in [0.05, 0.1) is 0 Å². The highest BCUT2D eigenvalue weighted by Crippen LogP contribution is 2.08. The Balaban J connectivity index is 3.33. The maximum Gasteiger partial charge on any atom is 0.191 e. The summed E-state index contributed by atoms with van der Waals surface area (Å²) in [4.78, 5) is 10.7. The minimum absolute atomic E-state index is 0.194. The molecule has 0 aromatic rings. The van der Waals surface area contributed by atoms with Crippen molar-refractivity contribution in [3.63, 3.8) is 0 Å². The Morgan fingerprint density at radius 1 is 1.62 bits per heavy atom. The van der Waals surface area contributed by atoms with Crippen molar-refractivity contribution >= 4 is 16.9 Å². The molecule has 8 heavy (non-hydrogen) atoms. The molecule has 0 bridgehead atoms. The summed E-state index contributed by atoms with van der Waals surface area (Å²) in [5.74, 6) is 1.09. The SMILES string of the molecule is CCSC(=O)C(C)C. The summed E-state index contributed by atoms with van der Waals surface area (Å²) >= 11 is 1.40. The molecule has 0 spiro atoms. The number of hydrogen-bond donors (Lipinski definition) is 0. The van der Waals surface area contributed by atoms with Crippen molar-refractivity contribution in [3.8, 4) is 0 Å². The number of hydrogen-bond acceptors (Lipinski definition) is 2. The lowest BCUT2D eigenvalue weighted by Crippen LogP contribution is -2.00. The van der Waals surface area contributed by atoms with Gasteiger partial charge in [0.2, 0.25) is 0 Å². The smallest absolute Gasteiger partial charge is 0.191 e. The zero-order valence-electron chi connectivity index (χ0n) is 5.60. The first kappa shape index (κ1) is 8.02. The quantitative estimate of drug-likeness (QED) is 0.571. The fourth-order valence-electron chi connectivity index (χ4n) is 0.309. The number of rotatable bonds is 2. The Kier molecular flexibility index (Phi) is 3.97. The first-order chi connectivity index (χ1) is 3.68. The van der Waals surface area contributed by atoms with Crippen LogP contribution in [0, 0.1) is 5.92 Å². The third-order valence-electron chi connectivity index (χ3n) is 0.758. The molecule has 0 amide bonds. The van der Waals surface area contributed by atoms with Gasteiger partial charge in [0, 0.05) is 5.92 Å². The molecule has 0 atom stereocenters. The second-order valence-corrected chi connectivity index (χ2v) is 3.18. The van der Waals surface area contributed by atoms with Gasteiger partial charge >= 0.3 is 0 Å². The average Bonchev–Trinajstić information content (AvgIpc) is 1.67. The fourth-order valence-corrected chi connectivity index (χ4v) is 0.927. The van der Waals surface area contributed by atoms with Gasteiger partial charge in [-0.05, 0) is 5.75 Å². The summed E-state index contributed by atoms with van der Waals surface area (Å²) in [5.41, 5.74) is 0.